The second-order valence-corrected chi connectivity index (χ2v) is 9.48. The molecule has 0 aliphatic carbocycles. The van der Waals surface area contributed by atoms with Crippen LogP contribution in [-0.2, 0) is 12.3 Å². The average molecular weight is 492 g/mol. The van der Waals surface area contributed by atoms with Crippen LogP contribution in [-0.4, -0.2) is 15.6 Å². The number of thioether (sulfide) groups is 1. The molecule has 7 heteroatoms. The molecule has 34 heavy (non-hydrogen) atoms. The molecule has 1 N–H and O–H groups in total. The molecule has 0 aliphatic heterocycles. The lowest BCUT2D eigenvalue weighted by molar-refractivity contribution is 0.0995. The highest BCUT2D eigenvalue weighted by Gasteiger charge is 2.16. The molecule has 4 aromatic rings. The Morgan fingerprint density at radius 3 is 2.47 bits per heavy atom. The number of carbonyl (C=O) groups is 1. The number of azo groups is 1. The van der Waals surface area contributed by atoms with Gasteiger partial charge in [-0.05, 0) is 54.4 Å². The summed E-state index contributed by atoms with van der Waals surface area (Å²) in [6.45, 7) is 2.84. The lowest BCUT2D eigenvalue weighted by Gasteiger charge is -2.05. The van der Waals surface area contributed by atoms with E-state index in [0.717, 1.165) is 51.4 Å². The molecule has 0 saturated heterocycles. The number of hydrogen-bond donors (Lipinski definition) is 1. The number of aryl methyl sites for hydroxylation is 1. The van der Waals surface area contributed by atoms with Gasteiger partial charge >= 0.3 is 0 Å². The molecule has 1 amide bonds. The predicted molar refractivity (Wildman–Crippen MR) is 139 cm³/mol. The molecule has 0 unspecified atom stereocenters. The first kappa shape index (κ1) is 24.0. The third kappa shape index (κ3) is 5.69. The van der Waals surface area contributed by atoms with Gasteiger partial charge in [-0.1, -0.05) is 61.7 Å². The number of rotatable bonds is 9. The first-order valence-electron chi connectivity index (χ1n) is 11.3. The van der Waals surface area contributed by atoms with E-state index in [1.54, 1.807) is 23.9 Å². The molecule has 0 aliphatic rings. The van der Waals surface area contributed by atoms with Gasteiger partial charge in [0.15, 0.2) is 5.69 Å². The second-order valence-electron chi connectivity index (χ2n) is 7.99. The van der Waals surface area contributed by atoms with Gasteiger partial charge < -0.3 is 9.67 Å². The Hall–Kier alpha value is -3.09. The molecule has 0 spiro atoms. The molecule has 5 nitrogen and oxygen atoms in total. The minimum atomic E-state index is -0.445. The fourth-order valence-corrected chi connectivity index (χ4v) is 4.69. The first-order valence-corrected chi connectivity index (χ1v) is 12.7. The van der Waals surface area contributed by atoms with E-state index in [0.29, 0.717) is 17.8 Å². The maximum Gasteiger partial charge on any atom is 0.295 e. The van der Waals surface area contributed by atoms with Crippen LogP contribution in [0.15, 0.2) is 87.9 Å². The number of carbonyl (C=O) groups excluding carboxylic acids is 1. The van der Waals surface area contributed by atoms with E-state index in [4.69, 9.17) is 11.6 Å². The predicted octanol–water partition coefficient (Wildman–Crippen LogP) is 8.41. The zero-order valence-electron chi connectivity index (χ0n) is 18.9. The topological polar surface area (TPSA) is 66.9 Å². The number of aromatic nitrogens is 1. The molecule has 0 atom stereocenters. The van der Waals surface area contributed by atoms with Crippen LogP contribution in [0.25, 0.3) is 10.9 Å². The van der Waals surface area contributed by atoms with Crippen molar-refractivity contribution in [1.29, 1.82) is 0 Å². The van der Waals surface area contributed by atoms with Gasteiger partial charge in [-0.2, -0.15) is 0 Å². The summed E-state index contributed by atoms with van der Waals surface area (Å²) in [6, 6.07) is 22.7. The fourth-order valence-electron chi connectivity index (χ4n) is 3.71. The number of unbranched alkanes of at least 4 members (excludes halogenated alkanes) is 2. The van der Waals surface area contributed by atoms with Gasteiger partial charge in [0.1, 0.15) is 0 Å². The van der Waals surface area contributed by atoms with Crippen molar-refractivity contribution in [3.63, 3.8) is 0 Å². The van der Waals surface area contributed by atoms with Crippen LogP contribution in [0, 0.1) is 0 Å². The van der Waals surface area contributed by atoms with Crippen molar-refractivity contribution in [3.8, 4) is 5.88 Å². The summed E-state index contributed by atoms with van der Waals surface area (Å²) in [5.41, 5.74) is 2.77. The zero-order valence-corrected chi connectivity index (χ0v) is 20.5. The van der Waals surface area contributed by atoms with E-state index in [1.807, 2.05) is 65.2 Å². The summed E-state index contributed by atoms with van der Waals surface area (Å²) in [5, 5.41) is 20.4. The highest BCUT2D eigenvalue weighted by atomic mass is 35.5. The minimum absolute atomic E-state index is 0.0448. The molecular formula is C27H26ClN3O2S. The third-order valence-corrected chi connectivity index (χ3v) is 6.90. The maximum atomic E-state index is 12.6. The van der Waals surface area contributed by atoms with E-state index in [2.05, 4.69) is 17.2 Å². The van der Waals surface area contributed by atoms with Crippen molar-refractivity contribution in [2.75, 3.05) is 0 Å². The number of halogens is 1. The first-order chi connectivity index (χ1) is 16.6. The Morgan fingerprint density at radius 1 is 1.00 bits per heavy atom. The molecule has 174 valence electrons. The lowest BCUT2D eigenvalue weighted by atomic mass is 10.1. The summed E-state index contributed by atoms with van der Waals surface area (Å²) in [5.74, 6) is 0.380. The van der Waals surface area contributed by atoms with Crippen molar-refractivity contribution in [2.45, 2.75) is 43.4 Å². The van der Waals surface area contributed by atoms with Crippen LogP contribution in [0.5, 0.6) is 5.88 Å². The molecule has 3 aromatic carbocycles. The van der Waals surface area contributed by atoms with E-state index in [9.17, 15) is 9.90 Å². The largest absolute Gasteiger partial charge is 0.493 e. The van der Waals surface area contributed by atoms with Crippen molar-refractivity contribution in [3.05, 3.63) is 88.9 Å². The summed E-state index contributed by atoms with van der Waals surface area (Å²) in [6.07, 6.45) is 3.13. The van der Waals surface area contributed by atoms with E-state index >= 15 is 0 Å². The van der Waals surface area contributed by atoms with Crippen molar-refractivity contribution >= 4 is 45.9 Å². The number of nitrogens with zero attached hydrogens (tertiary/aromatic N) is 3. The summed E-state index contributed by atoms with van der Waals surface area (Å²) >= 11 is 7.63. The standard InChI is InChI=1S/C27H26ClN3O2S/c1-2-3-6-17-31-24-8-5-4-7-23(24)25(27(31)33)29-30-26(32)20-11-9-19(10-12-20)18-34-22-15-13-21(28)14-16-22/h4-5,7-16,33H,2-3,6,17-18H2,1H3. The van der Waals surface area contributed by atoms with Gasteiger partial charge in [0.05, 0.1) is 5.52 Å². The fraction of sp³-hybridized carbons (Fsp3) is 0.222. The minimum Gasteiger partial charge on any atom is -0.493 e. The van der Waals surface area contributed by atoms with Crippen molar-refractivity contribution in [1.82, 2.24) is 4.57 Å². The Morgan fingerprint density at radius 2 is 1.74 bits per heavy atom. The Kier molecular flexibility index (Phi) is 8.03. The van der Waals surface area contributed by atoms with Crippen LogP contribution in [0.3, 0.4) is 0 Å². The number of amides is 1. The number of para-hydroxylation sites is 1. The summed E-state index contributed by atoms with van der Waals surface area (Å²) in [4.78, 5) is 13.8. The van der Waals surface area contributed by atoms with Crippen molar-refractivity contribution in [2.24, 2.45) is 10.2 Å². The number of hydrogen-bond acceptors (Lipinski definition) is 4. The summed E-state index contributed by atoms with van der Waals surface area (Å²) < 4.78 is 1.84. The third-order valence-electron chi connectivity index (χ3n) is 5.56. The number of benzene rings is 3. The van der Waals surface area contributed by atoms with E-state index in [-0.39, 0.29) is 5.88 Å². The van der Waals surface area contributed by atoms with Crippen LogP contribution >= 0.6 is 23.4 Å². The van der Waals surface area contributed by atoms with E-state index in [1.165, 1.54) is 0 Å². The van der Waals surface area contributed by atoms with Gasteiger partial charge in [-0.3, -0.25) is 4.79 Å². The van der Waals surface area contributed by atoms with Gasteiger partial charge in [-0.15, -0.1) is 22.0 Å². The molecular weight excluding hydrogens is 466 g/mol. The average Bonchev–Trinajstić information content (AvgIpc) is 3.13. The zero-order chi connectivity index (χ0) is 23.9. The van der Waals surface area contributed by atoms with Crippen LogP contribution < -0.4 is 0 Å². The van der Waals surface area contributed by atoms with Crippen molar-refractivity contribution < 1.29 is 9.90 Å². The van der Waals surface area contributed by atoms with Gasteiger partial charge in [0.2, 0.25) is 5.88 Å². The van der Waals surface area contributed by atoms with Gasteiger partial charge in [0.25, 0.3) is 5.91 Å². The number of aromatic hydroxyl groups is 1. The smallest absolute Gasteiger partial charge is 0.295 e. The molecule has 1 aromatic heterocycles. The molecule has 0 fully saturated rings. The van der Waals surface area contributed by atoms with Crippen LogP contribution in [0.2, 0.25) is 5.02 Å². The molecule has 4 rings (SSSR count). The lowest BCUT2D eigenvalue weighted by Crippen LogP contribution is -1.96. The number of fused-ring (bicyclic) bond motifs is 1. The second kappa shape index (κ2) is 11.4. The monoisotopic (exact) mass is 491 g/mol. The normalized spacial score (nSPS) is 11.5. The quantitative estimate of drug-likeness (QED) is 0.145. The summed E-state index contributed by atoms with van der Waals surface area (Å²) in [7, 11) is 0. The Labute approximate surface area is 208 Å². The molecule has 0 saturated carbocycles. The Bertz CT molecular complexity index is 1300. The highest BCUT2D eigenvalue weighted by Crippen LogP contribution is 2.39. The van der Waals surface area contributed by atoms with Gasteiger partial charge in [0, 0.05) is 33.2 Å². The van der Waals surface area contributed by atoms with Gasteiger partial charge in [-0.25, -0.2) is 0 Å². The van der Waals surface area contributed by atoms with Crippen LogP contribution in [0.4, 0.5) is 5.69 Å². The molecule has 1 heterocycles. The van der Waals surface area contributed by atoms with Crippen LogP contribution in [0.1, 0.15) is 42.1 Å². The highest BCUT2D eigenvalue weighted by molar-refractivity contribution is 7.98. The van der Waals surface area contributed by atoms with E-state index < -0.39 is 5.91 Å². The molecule has 0 radical (unpaired) electrons. The molecule has 0 bridgehead atoms. The SMILES string of the molecule is CCCCCn1c(O)c(N=NC(=O)c2ccc(CSc3ccc(Cl)cc3)cc2)c2ccccc21. The maximum absolute atomic E-state index is 12.6. The Balaban J connectivity index is 1.46.